The van der Waals surface area contributed by atoms with E-state index in [2.05, 4.69) is 4.98 Å². The predicted molar refractivity (Wildman–Crippen MR) is 56.1 cm³/mol. The summed E-state index contributed by atoms with van der Waals surface area (Å²) in [7, 11) is 0. The van der Waals surface area contributed by atoms with Gasteiger partial charge in [-0.15, -0.1) is 0 Å². The van der Waals surface area contributed by atoms with Crippen molar-refractivity contribution in [2.45, 2.75) is 6.42 Å². The number of hydrogen-bond donors (Lipinski definition) is 2. The van der Waals surface area contributed by atoms with Gasteiger partial charge in [0.15, 0.2) is 0 Å². The van der Waals surface area contributed by atoms with Crippen LogP contribution in [-0.4, -0.2) is 11.5 Å². The number of aromatic amines is 1. The van der Waals surface area contributed by atoms with Crippen LogP contribution in [0.15, 0.2) is 24.4 Å². The van der Waals surface area contributed by atoms with E-state index in [0.29, 0.717) is 6.54 Å². The number of fused-ring (bicyclic) bond motifs is 1. The minimum absolute atomic E-state index is 0. The van der Waals surface area contributed by atoms with E-state index < -0.39 is 0 Å². The van der Waals surface area contributed by atoms with Crippen molar-refractivity contribution in [3.05, 3.63) is 35.0 Å². The Bertz CT molecular complexity index is 423. The van der Waals surface area contributed by atoms with Gasteiger partial charge in [0, 0.05) is 22.1 Å². The largest absolute Gasteiger partial charge is 1.00 e. The number of halogens is 2. The molecule has 2 aromatic rings. The van der Waals surface area contributed by atoms with Crippen molar-refractivity contribution in [3.63, 3.8) is 0 Å². The molecule has 3 N–H and O–H groups in total. The third-order valence-corrected chi connectivity index (χ3v) is 2.38. The van der Waals surface area contributed by atoms with Gasteiger partial charge in [0.25, 0.3) is 0 Å². The highest BCUT2D eigenvalue weighted by Crippen LogP contribution is 2.22. The van der Waals surface area contributed by atoms with Crippen LogP contribution >= 0.6 is 11.6 Å². The van der Waals surface area contributed by atoms with Gasteiger partial charge in [-0.1, -0.05) is 11.6 Å². The molecule has 4 heteroatoms. The van der Waals surface area contributed by atoms with Crippen LogP contribution in [-0.2, 0) is 6.42 Å². The molecule has 0 fully saturated rings. The molecule has 0 amide bonds. The molecule has 0 radical (unpaired) electrons. The van der Waals surface area contributed by atoms with Crippen LogP contribution in [0.5, 0.6) is 0 Å². The fourth-order valence-corrected chi connectivity index (χ4v) is 1.69. The average Bonchev–Trinajstić information content (AvgIpc) is 2.49. The molecule has 1 heterocycles. The molecule has 0 bridgehead atoms. The number of rotatable bonds is 2. The fraction of sp³-hybridized carbons (Fsp3) is 0.200. The number of H-pyrrole nitrogens is 1. The first kappa shape index (κ1) is 11.4. The number of aromatic nitrogens is 1. The van der Waals surface area contributed by atoms with Crippen LogP contribution in [0, 0.1) is 0 Å². The van der Waals surface area contributed by atoms with Crippen LogP contribution in [0.3, 0.4) is 0 Å². The number of hydrogen-bond acceptors (Lipinski definition) is 1. The zero-order valence-electron chi connectivity index (χ0n) is 7.56. The van der Waals surface area contributed by atoms with Gasteiger partial charge in [0.2, 0.25) is 0 Å². The van der Waals surface area contributed by atoms with Crippen molar-refractivity contribution in [3.8, 4) is 0 Å². The Kier molecular flexibility index (Phi) is 3.81. The highest BCUT2D eigenvalue weighted by atomic mass is 35.5. The molecule has 0 spiro atoms. The van der Waals surface area contributed by atoms with Gasteiger partial charge in [-0.25, -0.2) is 0 Å². The molecule has 0 saturated heterocycles. The second-order valence-electron chi connectivity index (χ2n) is 3.04. The molecule has 2 rings (SSSR count). The van der Waals surface area contributed by atoms with Crippen molar-refractivity contribution < 1.29 is 12.4 Å². The third-order valence-electron chi connectivity index (χ3n) is 2.14. The van der Waals surface area contributed by atoms with Gasteiger partial charge >= 0.3 is 0 Å². The molecule has 1 aromatic carbocycles. The lowest BCUT2D eigenvalue weighted by Gasteiger charge is -1.95. The molecular weight excluding hydrogens is 219 g/mol. The zero-order valence-corrected chi connectivity index (χ0v) is 9.07. The Balaban J connectivity index is 0.000000980. The summed E-state index contributed by atoms with van der Waals surface area (Å²) < 4.78 is 0. The zero-order chi connectivity index (χ0) is 9.26. The predicted octanol–water partition coefficient (Wildman–Crippen LogP) is -0.674. The first-order chi connectivity index (χ1) is 6.31. The molecule has 0 aliphatic rings. The molecule has 0 aliphatic carbocycles. The minimum Gasteiger partial charge on any atom is -1.00 e. The molecule has 0 aliphatic heterocycles. The monoisotopic (exact) mass is 229 g/mol. The molecule has 2 nitrogen and oxygen atoms in total. The second-order valence-corrected chi connectivity index (χ2v) is 3.48. The minimum atomic E-state index is 0. The van der Waals surface area contributed by atoms with Crippen LogP contribution in [0.25, 0.3) is 10.9 Å². The van der Waals surface area contributed by atoms with E-state index in [1.54, 1.807) is 0 Å². The first-order valence-electron chi connectivity index (χ1n) is 4.27. The summed E-state index contributed by atoms with van der Waals surface area (Å²) in [5, 5.41) is 1.95. The van der Waals surface area contributed by atoms with Gasteiger partial charge in [-0.05, 0) is 36.7 Å². The molecule has 0 saturated carbocycles. The molecular formula is C10H11Cl2N2-. The normalized spacial score (nSPS) is 10.1. The standard InChI is InChI=1S/C10H11ClN2.ClH/c11-8-1-2-10-9(5-8)7(3-4-12)6-13-10;/h1-2,5-6,13H,3-4,12H2;1H/p-1. The van der Waals surface area contributed by atoms with E-state index >= 15 is 0 Å². The van der Waals surface area contributed by atoms with E-state index in [0.717, 1.165) is 17.0 Å². The lowest BCUT2D eigenvalue weighted by Crippen LogP contribution is -3.00. The van der Waals surface area contributed by atoms with E-state index in [1.807, 2.05) is 24.4 Å². The van der Waals surface area contributed by atoms with Crippen LogP contribution in [0.4, 0.5) is 0 Å². The van der Waals surface area contributed by atoms with Crippen molar-refractivity contribution in [2.24, 2.45) is 5.73 Å². The van der Waals surface area contributed by atoms with E-state index in [-0.39, 0.29) is 12.4 Å². The summed E-state index contributed by atoms with van der Waals surface area (Å²) in [4.78, 5) is 3.19. The number of nitrogens with one attached hydrogen (secondary N) is 1. The number of nitrogens with two attached hydrogens (primary N) is 1. The van der Waals surface area contributed by atoms with Crippen LogP contribution < -0.4 is 18.1 Å². The summed E-state index contributed by atoms with van der Waals surface area (Å²) in [6, 6.07) is 5.84. The topological polar surface area (TPSA) is 41.8 Å². The van der Waals surface area contributed by atoms with Crippen molar-refractivity contribution >= 4 is 22.5 Å². The van der Waals surface area contributed by atoms with Crippen molar-refractivity contribution in [1.29, 1.82) is 0 Å². The Hall–Kier alpha value is -0.700. The highest BCUT2D eigenvalue weighted by molar-refractivity contribution is 6.31. The van der Waals surface area contributed by atoms with Gasteiger partial charge in [0.05, 0.1) is 0 Å². The highest BCUT2D eigenvalue weighted by Gasteiger charge is 2.02. The van der Waals surface area contributed by atoms with Gasteiger partial charge in [-0.3, -0.25) is 0 Å². The Labute approximate surface area is 93.8 Å². The summed E-state index contributed by atoms with van der Waals surface area (Å²) in [6.07, 6.45) is 2.88. The maximum absolute atomic E-state index is 5.90. The molecule has 0 atom stereocenters. The van der Waals surface area contributed by atoms with Gasteiger partial charge in [-0.2, -0.15) is 0 Å². The molecule has 1 aromatic heterocycles. The maximum Gasteiger partial charge on any atom is 0.0457 e. The Morgan fingerprint density at radius 2 is 2.14 bits per heavy atom. The maximum atomic E-state index is 5.90. The van der Waals surface area contributed by atoms with Crippen LogP contribution in [0.1, 0.15) is 5.56 Å². The Morgan fingerprint density at radius 3 is 2.86 bits per heavy atom. The molecule has 76 valence electrons. The Morgan fingerprint density at radius 1 is 1.36 bits per heavy atom. The van der Waals surface area contributed by atoms with Gasteiger partial charge < -0.3 is 23.1 Å². The number of benzene rings is 1. The molecule has 0 unspecified atom stereocenters. The summed E-state index contributed by atoms with van der Waals surface area (Å²) in [5.74, 6) is 0. The smallest absolute Gasteiger partial charge is 0.0457 e. The lowest BCUT2D eigenvalue weighted by molar-refractivity contribution is -0.00000265. The van der Waals surface area contributed by atoms with Crippen molar-refractivity contribution in [2.75, 3.05) is 6.54 Å². The van der Waals surface area contributed by atoms with Crippen LogP contribution in [0.2, 0.25) is 5.02 Å². The lowest BCUT2D eigenvalue weighted by atomic mass is 10.1. The average molecular weight is 230 g/mol. The van der Waals surface area contributed by atoms with E-state index in [4.69, 9.17) is 17.3 Å². The van der Waals surface area contributed by atoms with Crippen molar-refractivity contribution in [1.82, 2.24) is 4.98 Å². The van der Waals surface area contributed by atoms with Gasteiger partial charge in [0.1, 0.15) is 0 Å². The summed E-state index contributed by atoms with van der Waals surface area (Å²) in [6.45, 7) is 0.666. The summed E-state index contributed by atoms with van der Waals surface area (Å²) >= 11 is 5.90. The summed E-state index contributed by atoms with van der Waals surface area (Å²) in [5.41, 5.74) is 7.86. The molecule has 14 heavy (non-hydrogen) atoms. The second kappa shape index (κ2) is 4.69. The van der Waals surface area contributed by atoms with E-state index in [9.17, 15) is 0 Å². The third kappa shape index (κ3) is 2.03. The van der Waals surface area contributed by atoms with E-state index in [1.165, 1.54) is 10.9 Å². The first-order valence-corrected chi connectivity index (χ1v) is 4.64. The SMILES string of the molecule is NCCc1c[nH]c2ccc(Cl)cc12.[Cl-]. The fourth-order valence-electron chi connectivity index (χ4n) is 1.51. The quantitative estimate of drug-likeness (QED) is 0.705.